The van der Waals surface area contributed by atoms with E-state index >= 15 is 0 Å². The number of hydrogen-bond acceptors (Lipinski definition) is 6. The van der Waals surface area contributed by atoms with E-state index in [4.69, 9.17) is 22.9 Å². The standard InChI is InChI=1S/C11H17O4P.C9H7F3O2/c1-11(2)7-14-16(15-8-11)10(12-3)9-5-4-6-13-9;10-9(11,12)7-2-1-3-8(6-7)14-5-4-13/h4-6,10H,7-8H2,1-3H3;1-4,6H,5H2. The van der Waals surface area contributed by atoms with Gasteiger partial charge in [-0.15, -0.1) is 0 Å². The Morgan fingerprint density at radius 1 is 1.20 bits per heavy atom. The van der Waals surface area contributed by atoms with Gasteiger partial charge in [0.2, 0.25) is 8.38 Å². The molecule has 1 aromatic heterocycles. The lowest BCUT2D eigenvalue weighted by Gasteiger charge is -2.35. The molecule has 0 aliphatic carbocycles. The van der Waals surface area contributed by atoms with Crippen LogP contribution in [0.4, 0.5) is 13.2 Å². The number of methoxy groups -OCH3 is 1. The van der Waals surface area contributed by atoms with E-state index in [0.29, 0.717) is 19.5 Å². The van der Waals surface area contributed by atoms with Crippen molar-refractivity contribution >= 4 is 14.7 Å². The molecule has 6 nitrogen and oxygen atoms in total. The van der Waals surface area contributed by atoms with Gasteiger partial charge in [-0.2, -0.15) is 13.2 Å². The first kappa shape index (κ1) is 24.3. The number of carbonyl (C=O) groups excluding carboxylic acids is 1. The number of halogens is 3. The molecule has 166 valence electrons. The first-order chi connectivity index (χ1) is 14.2. The third kappa shape index (κ3) is 7.40. The molecule has 1 aromatic carbocycles. The van der Waals surface area contributed by atoms with Crippen molar-refractivity contribution in [1.82, 2.24) is 0 Å². The predicted octanol–water partition coefficient (Wildman–Crippen LogP) is 5.59. The Morgan fingerprint density at radius 3 is 2.43 bits per heavy atom. The van der Waals surface area contributed by atoms with E-state index in [2.05, 4.69) is 13.8 Å². The lowest BCUT2D eigenvalue weighted by Crippen LogP contribution is -2.29. The van der Waals surface area contributed by atoms with E-state index in [1.54, 1.807) is 13.4 Å². The molecule has 0 bridgehead atoms. The summed E-state index contributed by atoms with van der Waals surface area (Å²) in [5.74, 6) is 0.557. The molecule has 0 spiro atoms. The van der Waals surface area contributed by atoms with Crippen LogP contribution >= 0.6 is 8.38 Å². The SMILES string of the molecule is COC(c1ccco1)P1OCC(C)(C)CO1.O=CCOc1cccc(C(F)(F)F)c1. The Morgan fingerprint density at radius 2 is 1.90 bits per heavy atom. The van der Waals surface area contributed by atoms with Crippen molar-refractivity contribution in [2.75, 3.05) is 26.9 Å². The molecule has 0 amide bonds. The summed E-state index contributed by atoms with van der Waals surface area (Å²) in [7, 11) is 0.581. The van der Waals surface area contributed by atoms with Crippen LogP contribution in [0, 0.1) is 5.41 Å². The van der Waals surface area contributed by atoms with Crippen molar-refractivity contribution in [2.24, 2.45) is 5.41 Å². The van der Waals surface area contributed by atoms with Crippen molar-refractivity contribution in [1.29, 1.82) is 0 Å². The minimum Gasteiger partial charge on any atom is -0.486 e. The number of rotatable bonds is 6. The highest BCUT2D eigenvalue weighted by Crippen LogP contribution is 2.57. The predicted molar refractivity (Wildman–Crippen MR) is 104 cm³/mol. The van der Waals surface area contributed by atoms with E-state index in [-0.39, 0.29) is 23.6 Å². The van der Waals surface area contributed by atoms with E-state index in [9.17, 15) is 18.0 Å². The molecule has 2 aromatic rings. The summed E-state index contributed by atoms with van der Waals surface area (Å²) >= 11 is 0. The molecule has 1 fully saturated rings. The Labute approximate surface area is 174 Å². The van der Waals surface area contributed by atoms with Crippen LogP contribution in [0.3, 0.4) is 0 Å². The zero-order valence-electron chi connectivity index (χ0n) is 16.8. The Hall–Kier alpha value is -1.93. The molecular weight excluding hydrogens is 424 g/mol. The second kappa shape index (κ2) is 10.9. The van der Waals surface area contributed by atoms with Crippen molar-refractivity contribution in [2.45, 2.75) is 25.9 Å². The van der Waals surface area contributed by atoms with Crippen LogP contribution < -0.4 is 4.74 Å². The topological polar surface area (TPSA) is 67.1 Å². The van der Waals surface area contributed by atoms with Crippen LogP contribution in [-0.2, 0) is 24.8 Å². The summed E-state index contributed by atoms with van der Waals surface area (Å²) in [4.78, 5) is 9.91. The highest BCUT2D eigenvalue weighted by molar-refractivity contribution is 7.47. The van der Waals surface area contributed by atoms with Gasteiger partial charge in [0.15, 0.2) is 12.1 Å². The molecule has 0 saturated carbocycles. The lowest BCUT2D eigenvalue weighted by atomic mass is 9.97. The van der Waals surface area contributed by atoms with Crippen LogP contribution in [0.25, 0.3) is 0 Å². The second-order valence-electron chi connectivity index (χ2n) is 7.10. The fourth-order valence-corrected chi connectivity index (χ4v) is 4.15. The molecule has 1 aliphatic rings. The molecule has 0 radical (unpaired) electrons. The quantitative estimate of drug-likeness (QED) is 0.424. The van der Waals surface area contributed by atoms with Crippen molar-refractivity contribution in [3.8, 4) is 5.75 Å². The number of ether oxygens (including phenoxy) is 2. The van der Waals surface area contributed by atoms with Gasteiger partial charge >= 0.3 is 6.18 Å². The molecule has 1 atom stereocenters. The molecule has 10 heteroatoms. The highest BCUT2D eigenvalue weighted by Gasteiger charge is 2.36. The van der Waals surface area contributed by atoms with Gasteiger partial charge in [-0.3, -0.25) is 4.79 Å². The van der Waals surface area contributed by atoms with Crippen LogP contribution in [0.5, 0.6) is 5.75 Å². The maximum atomic E-state index is 12.2. The number of alkyl halides is 3. The fourth-order valence-electron chi connectivity index (χ4n) is 2.32. The molecule has 0 N–H and O–H groups in total. The van der Waals surface area contributed by atoms with Crippen molar-refractivity contribution in [3.05, 3.63) is 54.0 Å². The highest BCUT2D eigenvalue weighted by atomic mass is 31.2. The third-order valence-electron chi connectivity index (χ3n) is 3.85. The molecule has 3 rings (SSSR count). The summed E-state index contributed by atoms with van der Waals surface area (Å²) in [6.45, 7) is 5.38. The third-order valence-corrected chi connectivity index (χ3v) is 5.46. The lowest BCUT2D eigenvalue weighted by molar-refractivity contribution is -0.137. The normalized spacial score (nSPS) is 17.5. The van der Waals surface area contributed by atoms with E-state index in [1.807, 2.05) is 12.1 Å². The Bertz CT molecular complexity index is 769. The molecule has 2 heterocycles. The van der Waals surface area contributed by atoms with E-state index < -0.39 is 20.1 Å². The maximum Gasteiger partial charge on any atom is 0.416 e. The van der Waals surface area contributed by atoms with Gasteiger partial charge in [0.05, 0.1) is 25.0 Å². The van der Waals surface area contributed by atoms with Gasteiger partial charge in [-0.05, 0) is 30.3 Å². The number of carbonyl (C=O) groups is 1. The molecule has 30 heavy (non-hydrogen) atoms. The summed E-state index contributed by atoms with van der Waals surface area (Å²) in [6, 6.07) is 8.09. The number of aldehydes is 1. The smallest absolute Gasteiger partial charge is 0.416 e. The average Bonchev–Trinajstić information content (AvgIpc) is 3.23. The van der Waals surface area contributed by atoms with Gasteiger partial charge in [-0.1, -0.05) is 19.9 Å². The number of benzene rings is 1. The summed E-state index contributed by atoms with van der Waals surface area (Å²) < 4.78 is 63.4. The minimum atomic E-state index is -4.39. The summed E-state index contributed by atoms with van der Waals surface area (Å²) in [5.41, 5.74) is -0.707. The van der Waals surface area contributed by atoms with Gasteiger partial charge < -0.3 is 22.9 Å². The first-order valence-electron chi connectivity index (χ1n) is 9.01. The van der Waals surface area contributed by atoms with Crippen LogP contribution in [0.1, 0.15) is 31.0 Å². The molecular formula is C20H24F3O6P. The second-order valence-corrected chi connectivity index (χ2v) is 8.66. The zero-order valence-corrected chi connectivity index (χ0v) is 17.7. The van der Waals surface area contributed by atoms with Gasteiger partial charge in [0.25, 0.3) is 0 Å². The maximum absolute atomic E-state index is 12.2. The molecule has 1 unspecified atom stereocenters. The molecule has 1 saturated heterocycles. The van der Waals surface area contributed by atoms with Crippen LogP contribution in [0.2, 0.25) is 0 Å². The summed E-state index contributed by atoms with van der Waals surface area (Å²) in [6.07, 6.45) is -2.29. The first-order valence-corrected chi connectivity index (χ1v) is 10.3. The van der Waals surface area contributed by atoms with E-state index in [1.165, 1.54) is 12.1 Å². The van der Waals surface area contributed by atoms with Crippen molar-refractivity contribution in [3.63, 3.8) is 0 Å². The minimum absolute atomic E-state index is 0.0342. The van der Waals surface area contributed by atoms with Gasteiger partial charge in [0, 0.05) is 12.5 Å². The molecule has 1 aliphatic heterocycles. The van der Waals surface area contributed by atoms with Gasteiger partial charge in [-0.25, -0.2) is 0 Å². The monoisotopic (exact) mass is 448 g/mol. The largest absolute Gasteiger partial charge is 0.486 e. The Kier molecular flexibility index (Phi) is 8.85. The Balaban J connectivity index is 0.000000216. The number of hydrogen-bond donors (Lipinski definition) is 0. The van der Waals surface area contributed by atoms with Gasteiger partial charge in [0.1, 0.15) is 18.1 Å². The van der Waals surface area contributed by atoms with Crippen LogP contribution in [0.15, 0.2) is 47.1 Å². The summed E-state index contributed by atoms with van der Waals surface area (Å²) in [5, 5.41) is 0. The fraction of sp³-hybridized carbons (Fsp3) is 0.450. The average molecular weight is 448 g/mol. The van der Waals surface area contributed by atoms with Crippen molar-refractivity contribution < 1.29 is 40.9 Å². The van der Waals surface area contributed by atoms with E-state index in [0.717, 1.165) is 17.9 Å². The zero-order chi connectivity index (χ0) is 22.2. The number of furan rings is 1. The van der Waals surface area contributed by atoms with Crippen LogP contribution in [-0.4, -0.2) is 33.2 Å².